The second-order valence-electron chi connectivity index (χ2n) is 5.94. The monoisotopic (exact) mass is 322 g/mol. The van der Waals surface area contributed by atoms with Crippen LogP contribution in [-0.2, 0) is 6.54 Å². The zero-order chi connectivity index (χ0) is 16.4. The molecular weight excluding hydrogens is 305 g/mol. The maximum atomic E-state index is 12.9. The van der Waals surface area contributed by atoms with E-state index in [-0.39, 0.29) is 18.0 Å². The van der Waals surface area contributed by atoms with Gasteiger partial charge in [-0.3, -0.25) is 9.58 Å². The van der Waals surface area contributed by atoms with Crippen LogP contribution in [0.15, 0.2) is 35.7 Å². The minimum atomic E-state index is -4.49. The van der Waals surface area contributed by atoms with E-state index < -0.39 is 11.7 Å². The molecule has 0 aromatic carbocycles. The van der Waals surface area contributed by atoms with Gasteiger partial charge in [-0.1, -0.05) is 12.2 Å². The first-order valence-corrected chi connectivity index (χ1v) is 7.61. The summed E-state index contributed by atoms with van der Waals surface area (Å²) in [5.41, 5.74) is -0.0355. The summed E-state index contributed by atoms with van der Waals surface area (Å²) in [6.07, 6.45) is 4.02. The molecule has 1 aliphatic carbocycles. The summed E-state index contributed by atoms with van der Waals surface area (Å²) in [6.45, 7) is 2.96. The number of hydrogen-bond donors (Lipinski definition) is 0. The van der Waals surface area contributed by atoms with E-state index in [0.717, 1.165) is 31.3 Å². The number of hydrogen-bond acceptors (Lipinski definition) is 3. The summed E-state index contributed by atoms with van der Waals surface area (Å²) in [5, 5.41) is 13.3. The van der Waals surface area contributed by atoms with Crippen LogP contribution in [0.2, 0.25) is 0 Å². The summed E-state index contributed by atoms with van der Waals surface area (Å²) < 4.78 is 40.2. The highest BCUT2D eigenvalue weighted by molar-refractivity contribution is 5.42. The van der Waals surface area contributed by atoms with Gasteiger partial charge in [0.15, 0.2) is 0 Å². The predicted molar refractivity (Wildman–Crippen MR) is 78.2 cm³/mol. The molecule has 1 atom stereocenters. The molecule has 1 unspecified atom stereocenters. The molecule has 23 heavy (non-hydrogen) atoms. The van der Waals surface area contributed by atoms with Crippen molar-refractivity contribution < 1.29 is 13.2 Å². The molecule has 1 saturated heterocycles. The minimum absolute atomic E-state index is 0.0205. The minimum Gasteiger partial charge on any atom is -0.299 e. The number of rotatable bonds is 3. The quantitative estimate of drug-likeness (QED) is 0.857. The standard InChI is InChI=1S/C16H17F3N4/c17-16(18,19)15-4-3-14(7-13(15)8-20)23-11-12(9-21-23)10-22-5-1-2-6-22/h3-4,9,11,14H,1-2,5-7,10H2. The van der Waals surface area contributed by atoms with Gasteiger partial charge < -0.3 is 0 Å². The molecule has 122 valence electrons. The molecule has 2 heterocycles. The van der Waals surface area contributed by atoms with Crippen LogP contribution in [0, 0.1) is 11.3 Å². The normalized spacial score (nSPS) is 22.6. The fourth-order valence-electron chi connectivity index (χ4n) is 3.09. The number of allylic oxidation sites excluding steroid dienone is 4. The van der Waals surface area contributed by atoms with E-state index in [1.165, 1.54) is 18.9 Å². The van der Waals surface area contributed by atoms with Gasteiger partial charge in [0, 0.05) is 30.3 Å². The van der Waals surface area contributed by atoms with Gasteiger partial charge in [0.25, 0.3) is 0 Å². The van der Waals surface area contributed by atoms with Gasteiger partial charge in [0.1, 0.15) is 0 Å². The Balaban J connectivity index is 1.72. The third kappa shape index (κ3) is 3.48. The van der Waals surface area contributed by atoms with Crippen LogP contribution in [-0.4, -0.2) is 33.9 Å². The van der Waals surface area contributed by atoms with Gasteiger partial charge in [-0.25, -0.2) is 0 Å². The van der Waals surface area contributed by atoms with Crippen molar-refractivity contribution in [1.82, 2.24) is 14.7 Å². The van der Waals surface area contributed by atoms with Crippen LogP contribution < -0.4 is 0 Å². The van der Waals surface area contributed by atoms with Gasteiger partial charge in [-0.15, -0.1) is 0 Å². The smallest absolute Gasteiger partial charge is 0.299 e. The van der Waals surface area contributed by atoms with Crippen molar-refractivity contribution in [2.45, 2.75) is 38.0 Å². The van der Waals surface area contributed by atoms with Gasteiger partial charge in [-0.2, -0.15) is 23.5 Å². The predicted octanol–water partition coefficient (Wildman–Crippen LogP) is 3.36. The number of likely N-dealkylation sites (tertiary alicyclic amines) is 1. The lowest BCUT2D eigenvalue weighted by Crippen LogP contribution is -2.19. The Labute approximate surface area is 132 Å². The van der Waals surface area contributed by atoms with Gasteiger partial charge in [0.2, 0.25) is 0 Å². The van der Waals surface area contributed by atoms with Crippen molar-refractivity contribution >= 4 is 0 Å². The van der Waals surface area contributed by atoms with Gasteiger partial charge in [-0.05, 0) is 25.9 Å². The van der Waals surface area contributed by atoms with Crippen molar-refractivity contribution in [3.05, 3.63) is 41.3 Å². The van der Waals surface area contributed by atoms with Crippen LogP contribution in [0.5, 0.6) is 0 Å². The number of nitrogens with zero attached hydrogens (tertiary/aromatic N) is 4. The number of halogens is 3. The topological polar surface area (TPSA) is 44.9 Å². The summed E-state index contributed by atoms with van der Waals surface area (Å²) in [5.74, 6) is 0. The summed E-state index contributed by atoms with van der Waals surface area (Å²) in [7, 11) is 0. The second kappa shape index (κ2) is 6.20. The molecule has 1 aromatic heterocycles. The second-order valence-corrected chi connectivity index (χ2v) is 5.94. The fourth-order valence-corrected chi connectivity index (χ4v) is 3.09. The number of alkyl halides is 3. The van der Waals surface area contributed by atoms with Gasteiger partial charge >= 0.3 is 6.18 Å². The molecule has 2 aliphatic rings. The molecular formula is C16H17F3N4. The summed E-state index contributed by atoms with van der Waals surface area (Å²) in [4.78, 5) is 2.33. The summed E-state index contributed by atoms with van der Waals surface area (Å²) in [6, 6.07) is 1.34. The molecule has 3 rings (SSSR count). The zero-order valence-corrected chi connectivity index (χ0v) is 12.6. The lowest BCUT2D eigenvalue weighted by atomic mass is 9.95. The SMILES string of the molecule is N#CC1=C(C(F)(F)F)C=CC(n2cc(CN3CCCC3)cn2)C1. The van der Waals surface area contributed by atoms with Crippen molar-refractivity contribution in [1.29, 1.82) is 5.26 Å². The Morgan fingerprint density at radius 1 is 1.30 bits per heavy atom. The lowest BCUT2D eigenvalue weighted by molar-refractivity contribution is -0.0892. The van der Waals surface area contributed by atoms with Crippen molar-refractivity contribution in [3.8, 4) is 6.07 Å². The van der Waals surface area contributed by atoms with E-state index in [9.17, 15) is 13.2 Å². The first-order chi connectivity index (χ1) is 11.0. The molecule has 1 aromatic rings. The third-order valence-corrected chi connectivity index (χ3v) is 4.26. The Morgan fingerprint density at radius 2 is 2.04 bits per heavy atom. The highest BCUT2D eigenvalue weighted by Crippen LogP contribution is 2.36. The molecule has 0 amide bonds. The maximum absolute atomic E-state index is 12.9. The largest absolute Gasteiger partial charge is 0.417 e. The van der Waals surface area contributed by atoms with E-state index >= 15 is 0 Å². The average Bonchev–Trinajstić information content (AvgIpc) is 3.18. The maximum Gasteiger partial charge on any atom is 0.417 e. The average molecular weight is 322 g/mol. The summed E-state index contributed by atoms with van der Waals surface area (Å²) >= 11 is 0. The Bertz CT molecular complexity index is 672. The van der Waals surface area contributed by atoms with Crippen LogP contribution in [0.1, 0.15) is 30.9 Å². The van der Waals surface area contributed by atoms with Crippen LogP contribution in [0.25, 0.3) is 0 Å². The highest BCUT2D eigenvalue weighted by atomic mass is 19.4. The van der Waals surface area contributed by atoms with Crippen molar-refractivity contribution in [3.63, 3.8) is 0 Å². The lowest BCUT2D eigenvalue weighted by Gasteiger charge is -2.20. The zero-order valence-electron chi connectivity index (χ0n) is 12.6. The Hall–Kier alpha value is -2.07. The Kier molecular flexibility index (Phi) is 4.26. The fraction of sp³-hybridized carbons (Fsp3) is 0.500. The van der Waals surface area contributed by atoms with Crippen LogP contribution in [0.3, 0.4) is 0 Å². The molecule has 7 heteroatoms. The van der Waals surface area contributed by atoms with E-state index in [1.807, 2.05) is 6.20 Å². The third-order valence-electron chi connectivity index (χ3n) is 4.26. The molecule has 4 nitrogen and oxygen atoms in total. The molecule has 0 saturated carbocycles. The first-order valence-electron chi connectivity index (χ1n) is 7.61. The van der Waals surface area contributed by atoms with Crippen molar-refractivity contribution in [2.24, 2.45) is 0 Å². The molecule has 0 radical (unpaired) electrons. The molecule has 1 aliphatic heterocycles. The molecule has 0 N–H and O–H groups in total. The van der Waals surface area contributed by atoms with Crippen LogP contribution in [0.4, 0.5) is 13.2 Å². The van der Waals surface area contributed by atoms with E-state index in [0.29, 0.717) is 0 Å². The first kappa shape index (κ1) is 15.8. The molecule has 0 bridgehead atoms. The number of aromatic nitrogens is 2. The van der Waals surface area contributed by atoms with Gasteiger partial charge in [0.05, 0.1) is 23.9 Å². The molecule has 0 spiro atoms. The highest BCUT2D eigenvalue weighted by Gasteiger charge is 2.37. The van der Waals surface area contributed by atoms with E-state index in [1.54, 1.807) is 16.9 Å². The van der Waals surface area contributed by atoms with E-state index in [4.69, 9.17) is 5.26 Å². The van der Waals surface area contributed by atoms with Crippen molar-refractivity contribution in [2.75, 3.05) is 13.1 Å². The van der Waals surface area contributed by atoms with E-state index in [2.05, 4.69) is 10.00 Å². The van der Waals surface area contributed by atoms with Crippen LogP contribution >= 0.6 is 0 Å². The molecule has 1 fully saturated rings. The Morgan fingerprint density at radius 3 is 2.70 bits per heavy atom. The number of nitriles is 1.